The summed E-state index contributed by atoms with van der Waals surface area (Å²) in [5, 5.41) is 8.89. The average molecular weight is 279 g/mol. The fraction of sp³-hybridized carbons (Fsp3) is 0.538. The van der Waals surface area contributed by atoms with Crippen molar-refractivity contribution in [3.8, 4) is 0 Å². The summed E-state index contributed by atoms with van der Waals surface area (Å²) in [6.07, 6.45) is 2.97. The number of aromatic nitrogens is 3. The van der Waals surface area contributed by atoms with Crippen LogP contribution >= 0.6 is 11.3 Å². The highest BCUT2D eigenvalue weighted by Gasteiger charge is 2.14. The molecule has 2 aromatic heterocycles. The number of nitrogens with zero attached hydrogens (tertiary/aromatic N) is 3. The van der Waals surface area contributed by atoms with Crippen molar-refractivity contribution >= 4 is 22.8 Å². The van der Waals surface area contributed by atoms with Crippen LogP contribution in [0.4, 0.5) is 11.5 Å². The monoisotopic (exact) mass is 279 g/mol. The molecule has 0 saturated carbocycles. The summed E-state index contributed by atoms with van der Waals surface area (Å²) in [7, 11) is 0. The molecule has 0 saturated heterocycles. The van der Waals surface area contributed by atoms with E-state index in [1.807, 2.05) is 17.8 Å². The van der Waals surface area contributed by atoms with Gasteiger partial charge in [-0.25, -0.2) is 9.67 Å². The summed E-state index contributed by atoms with van der Waals surface area (Å²) in [5.74, 6) is 0.890. The largest absolute Gasteiger partial charge is 0.394 e. The second-order valence-corrected chi connectivity index (χ2v) is 6.01. The average Bonchev–Trinajstić information content (AvgIpc) is 2.94. The molecule has 0 amide bonds. The van der Waals surface area contributed by atoms with Gasteiger partial charge in [0.05, 0.1) is 17.9 Å². The maximum Gasteiger partial charge on any atom is 0.148 e. The molecule has 0 aliphatic carbocycles. The van der Waals surface area contributed by atoms with E-state index in [9.17, 15) is 0 Å². The van der Waals surface area contributed by atoms with E-state index in [1.165, 1.54) is 4.88 Å². The van der Waals surface area contributed by atoms with E-state index in [2.05, 4.69) is 36.2 Å². The summed E-state index contributed by atoms with van der Waals surface area (Å²) in [5.41, 5.74) is 7.66. The zero-order chi connectivity index (χ0) is 14.0. The van der Waals surface area contributed by atoms with Crippen LogP contribution in [0, 0.1) is 6.92 Å². The Hall–Kier alpha value is -1.56. The molecule has 0 aliphatic heterocycles. The normalized spacial score (nSPS) is 11.2. The molecular weight excluding hydrogens is 258 g/mol. The lowest BCUT2D eigenvalue weighted by Gasteiger charge is -2.12. The third kappa shape index (κ3) is 2.89. The van der Waals surface area contributed by atoms with Gasteiger partial charge in [-0.05, 0) is 27.2 Å². The Bertz CT molecular complexity index is 555. The predicted molar refractivity (Wildman–Crippen MR) is 80.6 cm³/mol. The van der Waals surface area contributed by atoms with Crippen LogP contribution < -0.4 is 11.1 Å². The van der Waals surface area contributed by atoms with Crippen LogP contribution in [0.3, 0.4) is 0 Å². The Morgan fingerprint density at radius 2 is 2.21 bits per heavy atom. The number of nitrogens with one attached hydrogen (secondary N) is 1. The van der Waals surface area contributed by atoms with Crippen molar-refractivity contribution in [2.45, 2.75) is 46.7 Å². The summed E-state index contributed by atoms with van der Waals surface area (Å²) in [6, 6.07) is 0.279. The minimum atomic E-state index is 0.279. The Morgan fingerprint density at radius 1 is 1.47 bits per heavy atom. The van der Waals surface area contributed by atoms with Crippen LogP contribution in [0.5, 0.6) is 0 Å². The molecule has 0 aromatic carbocycles. The Labute approximate surface area is 117 Å². The van der Waals surface area contributed by atoms with Crippen LogP contribution in [0.15, 0.2) is 6.20 Å². The van der Waals surface area contributed by atoms with Crippen LogP contribution in [-0.2, 0) is 13.0 Å². The first-order valence-electron chi connectivity index (χ1n) is 6.55. The highest BCUT2D eigenvalue weighted by molar-refractivity contribution is 7.11. The molecule has 0 fully saturated rings. The van der Waals surface area contributed by atoms with Gasteiger partial charge < -0.3 is 11.1 Å². The van der Waals surface area contributed by atoms with Gasteiger partial charge in [-0.3, -0.25) is 0 Å². The highest BCUT2D eigenvalue weighted by Crippen LogP contribution is 2.26. The summed E-state index contributed by atoms with van der Waals surface area (Å²) >= 11 is 1.73. The fourth-order valence-electron chi connectivity index (χ4n) is 1.86. The minimum absolute atomic E-state index is 0.279. The van der Waals surface area contributed by atoms with Gasteiger partial charge in [0.1, 0.15) is 10.8 Å². The quantitative estimate of drug-likeness (QED) is 0.883. The molecule has 0 aliphatic rings. The third-order valence-electron chi connectivity index (χ3n) is 2.98. The molecule has 5 nitrogen and oxygen atoms in total. The van der Waals surface area contributed by atoms with E-state index >= 15 is 0 Å². The second kappa shape index (κ2) is 5.61. The van der Waals surface area contributed by atoms with Gasteiger partial charge in [-0.15, -0.1) is 11.3 Å². The molecule has 104 valence electrons. The van der Waals surface area contributed by atoms with Gasteiger partial charge in [0, 0.05) is 17.1 Å². The molecule has 2 aromatic rings. The van der Waals surface area contributed by atoms with Gasteiger partial charge >= 0.3 is 0 Å². The maximum absolute atomic E-state index is 6.07. The summed E-state index contributed by atoms with van der Waals surface area (Å²) in [6.45, 7) is 8.94. The van der Waals surface area contributed by atoms with E-state index in [-0.39, 0.29) is 6.04 Å². The Balaban J connectivity index is 2.14. The highest BCUT2D eigenvalue weighted by atomic mass is 32.1. The molecule has 6 heteroatoms. The topological polar surface area (TPSA) is 68.8 Å². The number of hydrogen-bond acceptors (Lipinski definition) is 5. The van der Waals surface area contributed by atoms with E-state index in [4.69, 9.17) is 5.73 Å². The lowest BCUT2D eigenvalue weighted by molar-refractivity contribution is 0.534. The molecule has 0 bridgehead atoms. The lowest BCUT2D eigenvalue weighted by Crippen LogP contribution is -2.10. The van der Waals surface area contributed by atoms with E-state index in [0.29, 0.717) is 6.54 Å². The van der Waals surface area contributed by atoms with E-state index < -0.39 is 0 Å². The first kappa shape index (κ1) is 13.9. The number of rotatable bonds is 5. The molecule has 0 atom stereocenters. The number of anilines is 2. The van der Waals surface area contributed by atoms with Crippen molar-refractivity contribution < 1.29 is 0 Å². The number of thiazole rings is 1. The number of aryl methyl sites for hydroxylation is 2. The first-order valence-corrected chi connectivity index (χ1v) is 7.36. The summed E-state index contributed by atoms with van der Waals surface area (Å²) in [4.78, 5) is 5.70. The molecule has 19 heavy (non-hydrogen) atoms. The smallest absolute Gasteiger partial charge is 0.148 e. The van der Waals surface area contributed by atoms with Crippen LogP contribution in [-0.4, -0.2) is 14.8 Å². The zero-order valence-electron chi connectivity index (χ0n) is 11.9. The zero-order valence-corrected chi connectivity index (χ0v) is 12.7. The van der Waals surface area contributed by atoms with Gasteiger partial charge in [0.25, 0.3) is 0 Å². The van der Waals surface area contributed by atoms with Crippen molar-refractivity contribution in [1.82, 2.24) is 14.8 Å². The van der Waals surface area contributed by atoms with Gasteiger partial charge in [-0.1, -0.05) is 6.92 Å². The van der Waals surface area contributed by atoms with Gasteiger partial charge in [-0.2, -0.15) is 5.10 Å². The van der Waals surface area contributed by atoms with Gasteiger partial charge in [0.2, 0.25) is 0 Å². The molecule has 0 radical (unpaired) electrons. The Morgan fingerprint density at radius 3 is 2.79 bits per heavy atom. The van der Waals surface area contributed by atoms with Crippen molar-refractivity contribution in [1.29, 1.82) is 0 Å². The number of nitrogen functional groups attached to an aromatic ring is 1. The first-order chi connectivity index (χ1) is 9.02. The van der Waals surface area contributed by atoms with Crippen molar-refractivity contribution in [2.24, 2.45) is 0 Å². The lowest BCUT2D eigenvalue weighted by atomic mass is 10.3. The standard InChI is InChI=1S/C13H21N5S/c1-5-10-6-15-11(19-10)7-16-13-12(14)9(4)17-18(13)8(2)3/h6,8,16H,5,7,14H2,1-4H3. The molecule has 0 unspecified atom stereocenters. The fourth-order valence-corrected chi connectivity index (χ4v) is 2.66. The van der Waals surface area contributed by atoms with E-state index in [0.717, 1.165) is 28.6 Å². The van der Waals surface area contributed by atoms with Crippen LogP contribution in [0.2, 0.25) is 0 Å². The maximum atomic E-state index is 6.07. The van der Waals surface area contributed by atoms with Crippen molar-refractivity contribution in [2.75, 3.05) is 11.1 Å². The molecule has 0 spiro atoms. The predicted octanol–water partition coefficient (Wildman–Crippen LogP) is 2.99. The Kier molecular flexibility index (Phi) is 4.09. The van der Waals surface area contributed by atoms with Crippen molar-refractivity contribution in [3.63, 3.8) is 0 Å². The van der Waals surface area contributed by atoms with Gasteiger partial charge in [0.15, 0.2) is 0 Å². The SMILES string of the molecule is CCc1cnc(CNc2c(N)c(C)nn2C(C)C)s1. The minimum Gasteiger partial charge on any atom is -0.394 e. The van der Waals surface area contributed by atoms with Crippen LogP contribution in [0.1, 0.15) is 42.4 Å². The van der Waals surface area contributed by atoms with Crippen molar-refractivity contribution in [3.05, 3.63) is 21.8 Å². The van der Waals surface area contributed by atoms with E-state index in [1.54, 1.807) is 11.3 Å². The number of nitrogens with two attached hydrogens (primary N) is 1. The molecule has 3 N–H and O–H groups in total. The molecule has 2 rings (SSSR count). The number of hydrogen-bond donors (Lipinski definition) is 2. The second-order valence-electron chi connectivity index (χ2n) is 4.81. The molecular formula is C13H21N5S. The third-order valence-corrected chi connectivity index (χ3v) is 4.12. The van der Waals surface area contributed by atoms with Crippen LogP contribution in [0.25, 0.3) is 0 Å². The summed E-state index contributed by atoms with van der Waals surface area (Å²) < 4.78 is 1.93. The molecule has 2 heterocycles.